The molecular formula is C18H20Cl2N4O3. The summed E-state index contributed by atoms with van der Waals surface area (Å²) in [4.78, 5) is 21.8. The van der Waals surface area contributed by atoms with Gasteiger partial charge in [-0.3, -0.25) is 4.79 Å². The van der Waals surface area contributed by atoms with E-state index in [4.69, 9.17) is 32.7 Å². The van der Waals surface area contributed by atoms with Gasteiger partial charge in [-0.15, -0.1) is 0 Å². The Morgan fingerprint density at radius 3 is 2.70 bits per heavy atom. The maximum atomic E-state index is 11.0. The third kappa shape index (κ3) is 5.45. The maximum absolute atomic E-state index is 11.0. The van der Waals surface area contributed by atoms with Gasteiger partial charge in [0, 0.05) is 42.2 Å². The second-order valence-electron chi connectivity index (χ2n) is 6.08. The fourth-order valence-corrected chi connectivity index (χ4v) is 3.16. The Bertz CT molecular complexity index is 768. The van der Waals surface area contributed by atoms with Crippen LogP contribution in [0.4, 0.5) is 5.95 Å². The normalized spacial score (nSPS) is 16.9. The van der Waals surface area contributed by atoms with Gasteiger partial charge >= 0.3 is 0 Å². The Morgan fingerprint density at radius 1 is 1.33 bits per heavy atom. The van der Waals surface area contributed by atoms with E-state index < -0.39 is 0 Å². The molecule has 1 N–H and O–H groups in total. The van der Waals surface area contributed by atoms with E-state index in [-0.39, 0.29) is 18.6 Å². The number of aromatic nitrogens is 2. The zero-order valence-corrected chi connectivity index (χ0v) is 16.3. The van der Waals surface area contributed by atoms with E-state index in [0.29, 0.717) is 48.0 Å². The molecule has 1 aliphatic rings. The number of ether oxygens (including phenoxy) is 2. The molecule has 2 aromatic rings. The number of carbonyl (C=O) groups excluding carboxylic acids is 1. The summed E-state index contributed by atoms with van der Waals surface area (Å²) in [5.74, 6) is 1.04. The van der Waals surface area contributed by atoms with Gasteiger partial charge < -0.3 is 19.7 Å². The van der Waals surface area contributed by atoms with Crippen molar-refractivity contribution in [3.63, 3.8) is 0 Å². The fourth-order valence-electron chi connectivity index (χ4n) is 2.65. The monoisotopic (exact) mass is 410 g/mol. The van der Waals surface area contributed by atoms with Crippen LogP contribution in [0.2, 0.25) is 10.0 Å². The van der Waals surface area contributed by atoms with Crippen molar-refractivity contribution in [2.75, 3.05) is 31.1 Å². The predicted molar refractivity (Wildman–Crippen MR) is 103 cm³/mol. The molecule has 9 heteroatoms. The van der Waals surface area contributed by atoms with Gasteiger partial charge in [-0.05, 0) is 12.1 Å². The number of hydrogen-bond acceptors (Lipinski definition) is 6. The standard InChI is InChI=1S/C18H20Cl2N4O3/c1-12(25)21-9-14-10-24(5-6-26-14)18-22-7-13(8-23-18)27-11-15-16(19)3-2-4-17(15)20/h2-4,7-8,14H,5-6,9-11H2,1H3,(H,21,25). The number of nitrogens with zero attached hydrogens (tertiary/aromatic N) is 3. The van der Waals surface area contributed by atoms with Crippen LogP contribution >= 0.6 is 23.2 Å². The van der Waals surface area contributed by atoms with Crippen molar-refractivity contribution in [2.24, 2.45) is 0 Å². The highest BCUT2D eigenvalue weighted by molar-refractivity contribution is 6.35. The van der Waals surface area contributed by atoms with Crippen LogP contribution in [0, 0.1) is 0 Å². The number of nitrogens with one attached hydrogen (secondary N) is 1. The van der Waals surface area contributed by atoms with Crippen LogP contribution in [-0.2, 0) is 16.1 Å². The highest BCUT2D eigenvalue weighted by Gasteiger charge is 2.22. The van der Waals surface area contributed by atoms with Gasteiger partial charge in [0.1, 0.15) is 6.61 Å². The average Bonchev–Trinajstić information content (AvgIpc) is 2.67. The van der Waals surface area contributed by atoms with Gasteiger partial charge in [-0.2, -0.15) is 0 Å². The highest BCUT2D eigenvalue weighted by atomic mass is 35.5. The summed E-state index contributed by atoms with van der Waals surface area (Å²) in [6.07, 6.45) is 3.14. The van der Waals surface area contributed by atoms with Crippen molar-refractivity contribution < 1.29 is 14.3 Å². The summed E-state index contributed by atoms with van der Waals surface area (Å²) >= 11 is 12.3. The first-order chi connectivity index (χ1) is 13.0. The maximum Gasteiger partial charge on any atom is 0.225 e. The van der Waals surface area contributed by atoms with Crippen LogP contribution in [0.1, 0.15) is 12.5 Å². The van der Waals surface area contributed by atoms with E-state index in [1.165, 1.54) is 6.92 Å². The lowest BCUT2D eigenvalue weighted by Gasteiger charge is -2.32. The first kappa shape index (κ1) is 19.7. The van der Waals surface area contributed by atoms with Crippen molar-refractivity contribution in [2.45, 2.75) is 19.6 Å². The van der Waals surface area contributed by atoms with Crippen LogP contribution in [0.5, 0.6) is 5.75 Å². The number of halogens is 2. The molecule has 1 fully saturated rings. The second-order valence-corrected chi connectivity index (χ2v) is 6.90. The van der Waals surface area contributed by atoms with Crippen molar-refractivity contribution in [1.82, 2.24) is 15.3 Å². The minimum absolute atomic E-state index is 0.0768. The molecule has 0 aliphatic carbocycles. The Kier molecular flexibility index (Phi) is 6.71. The van der Waals surface area contributed by atoms with Crippen molar-refractivity contribution in [1.29, 1.82) is 0 Å². The third-order valence-corrected chi connectivity index (χ3v) is 4.77. The molecule has 0 saturated carbocycles. The first-order valence-electron chi connectivity index (χ1n) is 8.51. The molecule has 1 saturated heterocycles. The summed E-state index contributed by atoms with van der Waals surface area (Å²) in [7, 11) is 0. The van der Waals surface area contributed by atoms with E-state index in [1.54, 1.807) is 30.6 Å². The van der Waals surface area contributed by atoms with Gasteiger partial charge in [0.2, 0.25) is 11.9 Å². The number of rotatable bonds is 6. The quantitative estimate of drug-likeness (QED) is 0.788. The molecule has 1 aromatic carbocycles. The molecule has 7 nitrogen and oxygen atoms in total. The minimum atomic E-state index is -0.0930. The lowest BCUT2D eigenvalue weighted by atomic mass is 10.2. The minimum Gasteiger partial charge on any atom is -0.486 e. The van der Waals surface area contributed by atoms with Gasteiger partial charge in [0.25, 0.3) is 0 Å². The lowest BCUT2D eigenvalue weighted by Crippen LogP contribution is -2.47. The molecule has 1 aliphatic heterocycles. The zero-order chi connectivity index (χ0) is 19.2. The van der Waals surface area contributed by atoms with Gasteiger partial charge in [0.05, 0.1) is 25.1 Å². The SMILES string of the molecule is CC(=O)NCC1CN(c2ncc(OCc3c(Cl)cccc3Cl)cn2)CCO1. The first-order valence-corrected chi connectivity index (χ1v) is 9.27. The number of amides is 1. The van der Waals surface area contributed by atoms with E-state index >= 15 is 0 Å². The van der Waals surface area contributed by atoms with Crippen molar-refractivity contribution in [3.05, 3.63) is 46.2 Å². The summed E-state index contributed by atoms with van der Waals surface area (Å²) < 4.78 is 11.3. The Hall–Kier alpha value is -2.09. The molecule has 144 valence electrons. The molecule has 3 rings (SSSR count). The predicted octanol–water partition coefficient (Wildman–Crippen LogP) is 2.70. The van der Waals surface area contributed by atoms with Crippen molar-refractivity contribution in [3.8, 4) is 5.75 Å². The largest absolute Gasteiger partial charge is 0.486 e. The van der Waals surface area contributed by atoms with E-state index in [9.17, 15) is 4.79 Å². The van der Waals surface area contributed by atoms with Crippen LogP contribution in [0.15, 0.2) is 30.6 Å². The zero-order valence-electron chi connectivity index (χ0n) is 14.8. The number of hydrogen-bond donors (Lipinski definition) is 1. The van der Waals surface area contributed by atoms with Crippen LogP contribution in [0.3, 0.4) is 0 Å². The fraction of sp³-hybridized carbons (Fsp3) is 0.389. The molecule has 1 unspecified atom stereocenters. The molecule has 0 radical (unpaired) electrons. The Labute approximate surface area is 167 Å². The van der Waals surface area contributed by atoms with Gasteiger partial charge in [-0.1, -0.05) is 29.3 Å². The molecule has 27 heavy (non-hydrogen) atoms. The highest BCUT2D eigenvalue weighted by Crippen LogP contribution is 2.25. The molecule has 2 heterocycles. The molecule has 0 spiro atoms. The van der Waals surface area contributed by atoms with E-state index in [2.05, 4.69) is 15.3 Å². The van der Waals surface area contributed by atoms with E-state index in [0.717, 1.165) is 5.56 Å². The summed E-state index contributed by atoms with van der Waals surface area (Å²) in [6.45, 7) is 4.03. The Balaban J connectivity index is 1.57. The molecule has 1 amide bonds. The topological polar surface area (TPSA) is 76.6 Å². The van der Waals surface area contributed by atoms with Crippen molar-refractivity contribution >= 4 is 35.1 Å². The number of benzene rings is 1. The molecule has 0 bridgehead atoms. The number of carbonyl (C=O) groups is 1. The van der Waals surface area contributed by atoms with Gasteiger partial charge in [-0.25, -0.2) is 9.97 Å². The van der Waals surface area contributed by atoms with Crippen LogP contribution < -0.4 is 15.0 Å². The average molecular weight is 411 g/mol. The third-order valence-electron chi connectivity index (χ3n) is 4.06. The summed E-state index contributed by atoms with van der Waals surface area (Å²) in [5, 5.41) is 3.87. The van der Waals surface area contributed by atoms with Gasteiger partial charge in [0.15, 0.2) is 5.75 Å². The smallest absolute Gasteiger partial charge is 0.225 e. The van der Waals surface area contributed by atoms with E-state index in [1.807, 2.05) is 4.90 Å². The lowest BCUT2D eigenvalue weighted by molar-refractivity contribution is -0.119. The van der Waals surface area contributed by atoms with Crippen LogP contribution in [-0.4, -0.2) is 48.2 Å². The second kappa shape index (κ2) is 9.21. The summed E-state index contributed by atoms with van der Waals surface area (Å²) in [5.41, 5.74) is 0.721. The Morgan fingerprint density at radius 2 is 2.04 bits per heavy atom. The van der Waals surface area contributed by atoms with Crippen LogP contribution in [0.25, 0.3) is 0 Å². The number of anilines is 1. The molecular weight excluding hydrogens is 391 g/mol. The number of morpholine rings is 1. The molecule has 1 aromatic heterocycles. The molecule has 1 atom stereocenters. The summed E-state index contributed by atoms with van der Waals surface area (Å²) in [6, 6.07) is 5.32.